The van der Waals surface area contributed by atoms with Gasteiger partial charge in [-0.2, -0.15) is 0 Å². The molecule has 0 fully saturated rings. The number of benzene rings is 2. The number of rotatable bonds is 6. The Labute approximate surface area is 214 Å². The third kappa shape index (κ3) is 4.58. The molecule has 0 saturated heterocycles. The normalized spacial score (nSPS) is 18.5. The van der Waals surface area contributed by atoms with Gasteiger partial charge in [0.2, 0.25) is 0 Å². The molecule has 0 aliphatic heterocycles. The van der Waals surface area contributed by atoms with E-state index in [0.717, 1.165) is 0 Å². The first-order valence-electron chi connectivity index (χ1n) is 10.1. The van der Waals surface area contributed by atoms with Crippen LogP contribution in [0.1, 0.15) is 47.5 Å². The number of hydrogen-bond acceptors (Lipinski definition) is 0. The SMILES string of the molecule is CCCC[Si](c1ccccc1)(c1ccccc1)C1(C)C(C)=C(C)C(C)=[C]1[Ti+3].[Cl-].[Cl-].[Cl-]. The average molecular weight is 514 g/mol. The van der Waals surface area contributed by atoms with E-state index in [1.807, 2.05) is 0 Å². The van der Waals surface area contributed by atoms with Crippen LogP contribution in [0.4, 0.5) is 0 Å². The smallest absolute Gasteiger partial charge is 1.00 e. The molecule has 2 aromatic rings. The predicted octanol–water partition coefficient (Wildman–Crippen LogP) is -3.01. The van der Waals surface area contributed by atoms with E-state index in [1.54, 1.807) is 19.8 Å². The minimum atomic E-state index is -2.09. The second-order valence-corrected chi connectivity index (χ2v) is 13.4. The van der Waals surface area contributed by atoms with Crippen molar-refractivity contribution in [2.45, 2.75) is 58.5 Å². The molecule has 0 N–H and O–H groups in total. The average Bonchev–Trinajstić information content (AvgIpc) is 2.86. The van der Waals surface area contributed by atoms with E-state index in [1.165, 1.54) is 30.0 Å². The van der Waals surface area contributed by atoms with E-state index in [-0.39, 0.29) is 42.3 Å². The number of hydrogen-bond donors (Lipinski definition) is 0. The molecule has 0 amide bonds. The van der Waals surface area contributed by atoms with Crippen molar-refractivity contribution < 1.29 is 57.7 Å². The molecular weight excluding hydrogens is 483 g/mol. The molecule has 1 aliphatic rings. The van der Waals surface area contributed by atoms with Crippen LogP contribution < -0.4 is 47.6 Å². The van der Waals surface area contributed by atoms with Crippen LogP contribution in [-0.4, -0.2) is 8.07 Å². The van der Waals surface area contributed by atoms with Gasteiger partial charge in [-0.3, -0.25) is 0 Å². The van der Waals surface area contributed by atoms with Crippen LogP contribution in [0, 0.1) is 0 Å². The van der Waals surface area contributed by atoms with Gasteiger partial charge in [0.15, 0.2) is 0 Å². The van der Waals surface area contributed by atoms with E-state index in [4.69, 9.17) is 0 Å². The van der Waals surface area contributed by atoms with Crippen LogP contribution in [0.3, 0.4) is 0 Å². The Morgan fingerprint density at radius 2 is 1.20 bits per heavy atom. The standard InChI is InChI=1S/C25H31Si.3ClH.Ti/c1-6-7-18-26(23-14-10-8-11-15-23,24-16-12-9-13-17-24)25(5)19-20(2)21(3)22(25)4;;;;/h8-17H,6-7,18H2,1-5H3;3*1H;/q;;;;+3/p-3. The van der Waals surface area contributed by atoms with Crippen LogP contribution in [0.2, 0.25) is 11.1 Å². The zero-order valence-electron chi connectivity index (χ0n) is 18.5. The van der Waals surface area contributed by atoms with Crippen molar-refractivity contribution in [1.82, 2.24) is 0 Å². The number of allylic oxidation sites excluding steroid dienone is 4. The summed E-state index contributed by atoms with van der Waals surface area (Å²) in [7, 11) is -2.09. The van der Waals surface area contributed by atoms with Crippen molar-refractivity contribution in [3.05, 3.63) is 81.3 Å². The third-order valence-electron chi connectivity index (χ3n) is 7.04. The van der Waals surface area contributed by atoms with Crippen molar-refractivity contribution in [2.75, 3.05) is 0 Å². The van der Waals surface area contributed by atoms with Crippen molar-refractivity contribution >= 4 is 18.4 Å². The fraction of sp³-hybridized carbons (Fsp3) is 0.360. The molecule has 1 unspecified atom stereocenters. The summed E-state index contributed by atoms with van der Waals surface area (Å²) in [6.07, 6.45) is 2.53. The summed E-state index contributed by atoms with van der Waals surface area (Å²) in [5.74, 6) is 0. The van der Waals surface area contributed by atoms with E-state index in [9.17, 15) is 0 Å². The van der Waals surface area contributed by atoms with Gasteiger partial charge >= 0.3 is 179 Å². The summed E-state index contributed by atoms with van der Waals surface area (Å²) in [6, 6.07) is 24.2. The summed E-state index contributed by atoms with van der Waals surface area (Å²) in [5.41, 5.74) is 4.61. The van der Waals surface area contributed by atoms with Gasteiger partial charge in [-0.25, -0.2) is 0 Å². The topological polar surface area (TPSA) is 0 Å². The molecule has 1 atom stereocenters. The Bertz CT molecular complexity index is 812. The molecule has 0 saturated carbocycles. The van der Waals surface area contributed by atoms with Gasteiger partial charge in [-0.15, -0.1) is 0 Å². The van der Waals surface area contributed by atoms with Gasteiger partial charge < -0.3 is 37.2 Å². The molecule has 0 radical (unpaired) electrons. The maximum absolute atomic E-state index is 2.56. The first-order valence-corrected chi connectivity index (χ1v) is 13.1. The van der Waals surface area contributed by atoms with Crippen molar-refractivity contribution in [1.29, 1.82) is 0 Å². The van der Waals surface area contributed by atoms with Gasteiger partial charge in [0.05, 0.1) is 0 Å². The molecule has 1 aliphatic carbocycles. The first kappa shape index (κ1) is 29.7. The van der Waals surface area contributed by atoms with Gasteiger partial charge in [0.1, 0.15) is 0 Å². The summed E-state index contributed by atoms with van der Waals surface area (Å²) in [6.45, 7) is 11.9. The molecule has 0 nitrogen and oxygen atoms in total. The fourth-order valence-corrected chi connectivity index (χ4v) is 13.1. The quantitative estimate of drug-likeness (QED) is 0.361. The molecule has 0 spiro atoms. The molecule has 2 aromatic carbocycles. The van der Waals surface area contributed by atoms with E-state index in [2.05, 4.69) is 116 Å². The molecule has 3 rings (SSSR count). The maximum Gasteiger partial charge on any atom is -1.00 e. The molecule has 5 heteroatoms. The van der Waals surface area contributed by atoms with Gasteiger partial charge in [0, 0.05) is 0 Å². The summed E-state index contributed by atoms with van der Waals surface area (Å²) < 4.78 is 1.59. The van der Waals surface area contributed by atoms with Crippen molar-refractivity contribution in [3.63, 3.8) is 0 Å². The zero-order chi connectivity index (χ0) is 19.7. The summed E-state index contributed by atoms with van der Waals surface area (Å²) in [5, 5.41) is 3.28. The van der Waals surface area contributed by atoms with Crippen LogP contribution in [0.5, 0.6) is 0 Å². The van der Waals surface area contributed by atoms with Gasteiger partial charge in [-0.05, 0) is 0 Å². The Kier molecular flexibility index (Phi) is 12.0. The molecule has 0 aromatic heterocycles. The van der Waals surface area contributed by atoms with Crippen LogP contribution in [-0.2, 0) is 20.4 Å². The summed E-state index contributed by atoms with van der Waals surface area (Å²) >= 11 is 2.40. The van der Waals surface area contributed by atoms with Crippen LogP contribution >= 0.6 is 0 Å². The van der Waals surface area contributed by atoms with E-state index < -0.39 is 8.07 Å². The number of halogens is 3. The van der Waals surface area contributed by atoms with Gasteiger partial charge in [-0.1, -0.05) is 0 Å². The second kappa shape index (κ2) is 12.1. The Balaban J connectivity index is 0.00000280. The predicted molar refractivity (Wildman–Crippen MR) is 117 cm³/mol. The zero-order valence-corrected chi connectivity index (χ0v) is 23.4. The van der Waals surface area contributed by atoms with Crippen molar-refractivity contribution in [2.24, 2.45) is 0 Å². The largest absolute Gasteiger partial charge is 1.00 e. The molecular formula is C25H31Cl3SiTi. The third-order valence-corrected chi connectivity index (χ3v) is 14.9. The fourth-order valence-electron chi connectivity index (χ4n) is 5.11. The van der Waals surface area contributed by atoms with E-state index in [0.29, 0.717) is 0 Å². The first-order chi connectivity index (χ1) is 12.9. The maximum atomic E-state index is 2.56. The second-order valence-electron chi connectivity index (χ2n) is 8.12. The Morgan fingerprint density at radius 1 is 0.767 bits per heavy atom. The molecule has 0 bridgehead atoms. The summed E-state index contributed by atoms with van der Waals surface area (Å²) in [4.78, 5) is 0. The molecule has 0 heterocycles. The van der Waals surface area contributed by atoms with E-state index >= 15 is 0 Å². The van der Waals surface area contributed by atoms with Gasteiger partial charge in [0.25, 0.3) is 0 Å². The minimum Gasteiger partial charge on any atom is -1.00 e. The molecule has 160 valence electrons. The number of unbranched alkanes of at least 4 members (excludes halogenated alkanes) is 1. The minimum absolute atomic E-state index is 0. The Morgan fingerprint density at radius 3 is 1.53 bits per heavy atom. The molecule has 30 heavy (non-hydrogen) atoms. The van der Waals surface area contributed by atoms with Crippen LogP contribution in [0.25, 0.3) is 0 Å². The van der Waals surface area contributed by atoms with Crippen molar-refractivity contribution in [3.8, 4) is 0 Å². The monoisotopic (exact) mass is 512 g/mol. The van der Waals surface area contributed by atoms with Crippen LogP contribution in [0.15, 0.2) is 81.3 Å². The Hall–Kier alpha value is -0.279.